The van der Waals surface area contributed by atoms with Crippen LogP contribution >= 0.6 is 0 Å². The zero-order chi connectivity index (χ0) is 14.4. The highest BCUT2D eigenvalue weighted by atomic mass is 14.9. The molecule has 1 N–H and O–H groups in total. The summed E-state index contributed by atoms with van der Waals surface area (Å²) in [6, 6.07) is 20.0. The third-order valence-corrected chi connectivity index (χ3v) is 3.66. The van der Waals surface area contributed by atoms with Gasteiger partial charge in [-0.25, -0.2) is 0 Å². The Morgan fingerprint density at radius 2 is 1.45 bits per heavy atom. The number of rotatable bonds is 6. The highest BCUT2D eigenvalue weighted by Gasteiger charge is 2.14. The number of benzene rings is 2. The smallest absolute Gasteiger partial charge is 0.0343 e. The van der Waals surface area contributed by atoms with E-state index in [4.69, 9.17) is 0 Å². The number of hydrogen-bond donors (Lipinski definition) is 1. The lowest BCUT2D eigenvalue weighted by Gasteiger charge is -2.23. The van der Waals surface area contributed by atoms with Gasteiger partial charge in [-0.2, -0.15) is 0 Å². The van der Waals surface area contributed by atoms with E-state index in [0.29, 0.717) is 12.0 Å². The first-order valence-corrected chi connectivity index (χ1v) is 7.61. The van der Waals surface area contributed by atoms with Crippen molar-refractivity contribution in [3.63, 3.8) is 0 Å². The van der Waals surface area contributed by atoms with Crippen LogP contribution in [0.3, 0.4) is 0 Å². The summed E-state index contributed by atoms with van der Waals surface area (Å²) in [7, 11) is 0. The lowest BCUT2D eigenvalue weighted by molar-refractivity contribution is 0.413. The Labute approximate surface area is 123 Å². The molecule has 2 aromatic carbocycles. The van der Waals surface area contributed by atoms with Gasteiger partial charge in [-0.1, -0.05) is 75.4 Å². The third kappa shape index (κ3) is 3.71. The van der Waals surface area contributed by atoms with E-state index in [9.17, 15) is 0 Å². The molecule has 1 nitrogen and oxygen atoms in total. The van der Waals surface area contributed by atoms with Gasteiger partial charge in [-0.05, 0) is 35.6 Å². The molecule has 2 aromatic rings. The van der Waals surface area contributed by atoms with E-state index in [2.05, 4.69) is 80.7 Å². The van der Waals surface area contributed by atoms with E-state index >= 15 is 0 Å². The molecular formula is C19H25N. The van der Waals surface area contributed by atoms with Crippen LogP contribution in [0.25, 0.3) is 11.1 Å². The molecule has 0 radical (unpaired) electrons. The van der Waals surface area contributed by atoms with Gasteiger partial charge < -0.3 is 5.32 Å². The van der Waals surface area contributed by atoms with Gasteiger partial charge in [0.05, 0.1) is 0 Å². The molecule has 1 unspecified atom stereocenters. The fourth-order valence-electron chi connectivity index (χ4n) is 2.55. The van der Waals surface area contributed by atoms with Crippen molar-refractivity contribution >= 4 is 0 Å². The van der Waals surface area contributed by atoms with Crippen LogP contribution < -0.4 is 5.32 Å². The van der Waals surface area contributed by atoms with Crippen LogP contribution in [0.2, 0.25) is 0 Å². The summed E-state index contributed by atoms with van der Waals surface area (Å²) in [5, 5.41) is 3.64. The van der Waals surface area contributed by atoms with Crippen LogP contribution in [0.5, 0.6) is 0 Å². The van der Waals surface area contributed by atoms with Crippen molar-refractivity contribution in [3.05, 3.63) is 60.2 Å². The summed E-state index contributed by atoms with van der Waals surface area (Å²) in [5.74, 6) is 0.601. The van der Waals surface area contributed by atoms with E-state index in [1.54, 1.807) is 0 Å². The second-order valence-corrected chi connectivity index (χ2v) is 5.66. The summed E-state index contributed by atoms with van der Waals surface area (Å²) in [4.78, 5) is 0. The predicted molar refractivity (Wildman–Crippen MR) is 87.8 cm³/mol. The van der Waals surface area contributed by atoms with Crippen LogP contribution in [0.4, 0.5) is 0 Å². The van der Waals surface area contributed by atoms with Gasteiger partial charge >= 0.3 is 0 Å². The van der Waals surface area contributed by atoms with Crippen molar-refractivity contribution in [1.29, 1.82) is 0 Å². The van der Waals surface area contributed by atoms with Crippen molar-refractivity contribution in [2.24, 2.45) is 5.92 Å². The van der Waals surface area contributed by atoms with Gasteiger partial charge in [-0.15, -0.1) is 0 Å². The van der Waals surface area contributed by atoms with Crippen molar-refractivity contribution in [2.45, 2.75) is 33.2 Å². The average molecular weight is 267 g/mol. The van der Waals surface area contributed by atoms with Gasteiger partial charge in [-0.3, -0.25) is 0 Å². The SMILES string of the molecule is CCCNC(c1ccc(-c2ccccc2)cc1)C(C)C. The molecule has 0 aliphatic heterocycles. The van der Waals surface area contributed by atoms with Crippen molar-refractivity contribution in [1.82, 2.24) is 5.32 Å². The Hall–Kier alpha value is -1.60. The van der Waals surface area contributed by atoms with Crippen LogP contribution in [0, 0.1) is 5.92 Å². The van der Waals surface area contributed by atoms with Gasteiger partial charge in [0.1, 0.15) is 0 Å². The maximum Gasteiger partial charge on any atom is 0.0343 e. The third-order valence-electron chi connectivity index (χ3n) is 3.66. The zero-order valence-electron chi connectivity index (χ0n) is 12.8. The molecule has 0 amide bonds. The Morgan fingerprint density at radius 1 is 0.850 bits per heavy atom. The molecule has 1 atom stereocenters. The van der Waals surface area contributed by atoms with Crippen LogP contribution in [-0.4, -0.2) is 6.54 Å². The molecule has 106 valence electrons. The van der Waals surface area contributed by atoms with Crippen LogP contribution in [0.1, 0.15) is 38.8 Å². The predicted octanol–water partition coefficient (Wildman–Crippen LogP) is 5.05. The lowest BCUT2D eigenvalue weighted by atomic mass is 9.94. The number of hydrogen-bond acceptors (Lipinski definition) is 1. The molecule has 2 rings (SSSR count). The average Bonchev–Trinajstić information content (AvgIpc) is 2.49. The highest BCUT2D eigenvalue weighted by molar-refractivity contribution is 5.63. The minimum Gasteiger partial charge on any atom is -0.310 e. The molecule has 20 heavy (non-hydrogen) atoms. The topological polar surface area (TPSA) is 12.0 Å². The van der Waals surface area contributed by atoms with E-state index < -0.39 is 0 Å². The Morgan fingerprint density at radius 3 is 2.00 bits per heavy atom. The molecular weight excluding hydrogens is 242 g/mol. The molecule has 1 heteroatoms. The number of nitrogens with one attached hydrogen (secondary N) is 1. The summed E-state index contributed by atoms with van der Waals surface area (Å²) in [6.07, 6.45) is 1.17. The quantitative estimate of drug-likeness (QED) is 0.772. The van der Waals surface area contributed by atoms with Crippen LogP contribution in [0.15, 0.2) is 54.6 Å². The van der Waals surface area contributed by atoms with Crippen molar-refractivity contribution < 1.29 is 0 Å². The van der Waals surface area contributed by atoms with Gasteiger partial charge in [0, 0.05) is 6.04 Å². The fraction of sp³-hybridized carbons (Fsp3) is 0.368. The van der Waals surface area contributed by atoms with Crippen molar-refractivity contribution in [3.8, 4) is 11.1 Å². The first-order valence-electron chi connectivity index (χ1n) is 7.61. The monoisotopic (exact) mass is 267 g/mol. The molecule has 0 fully saturated rings. The summed E-state index contributed by atoms with van der Waals surface area (Å²) < 4.78 is 0. The lowest BCUT2D eigenvalue weighted by Crippen LogP contribution is -2.26. The molecule has 0 aromatic heterocycles. The summed E-state index contributed by atoms with van der Waals surface area (Å²) >= 11 is 0. The first kappa shape index (κ1) is 14.8. The second-order valence-electron chi connectivity index (χ2n) is 5.66. The Bertz CT molecular complexity index is 499. The molecule has 0 spiro atoms. The molecule has 0 aliphatic rings. The molecule has 0 saturated carbocycles. The van der Waals surface area contributed by atoms with Crippen molar-refractivity contribution in [2.75, 3.05) is 6.54 Å². The normalized spacial score (nSPS) is 12.6. The summed E-state index contributed by atoms with van der Waals surface area (Å²) in [5.41, 5.74) is 3.95. The minimum atomic E-state index is 0.444. The summed E-state index contributed by atoms with van der Waals surface area (Å²) in [6.45, 7) is 7.84. The van der Waals surface area contributed by atoms with Gasteiger partial charge in [0.15, 0.2) is 0 Å². The second kappa shape index (κ2) is 7.25. The molecule has 0 bridgehead atoms. The fourth-order valence-corrected chi connectivity index (χ4v) is 2.55. The zero-order valence-corrected chi connectivity index (χ0v) is 12.8. The minimum absolute atomic E-state index is 0.444. The molecule has 0 saturated heterocycles. The maximum absolute atomic E-state index is 3.64. The Kier molecular flexibility index (Phi) is 5.37. The van der Waals surface area contributed by atoms with E-state index in [-0.39, 0.29) is 0 Å². The highest BCUT2D eigenvalue weighted by Crippen LogP contribution is 2.25. The van der Waals surface area contributed by atoms with E-state index in [1.807, 2.05) is 0 Å². The maximum atomic E-state index is 3.64. The Balaban J connectivity index is 2.18. The van der Waals surface area contributed by atoms with Gasteiger partial charge in [0.2, 0.25) is 0 Å². The molecule has 0 heterocycles. The van der Waals surface area contributed by atoms with E-state index in [0.717, 1.165) is 6.54 Å². The first-order chi connectivity index (χ1) is 9.72. The van der Waals surface area contributed by atoms with Crippen LogP contribution in [-0.2, 0) is 0 Å². The van der Waals surface area contributed by atoms with E-state index in [1.165, 1.54) is 23.1 Å². The molecule has 0 aliphatic carbocycles. The largest absolute Gasteiger partial charge is 0.310 e. The van der Waals surface area contributed by atoms with Gasteiger partial charge in [0.25, 0.3) is 0 Å². The standard InChI is InChI=1S/C19H25N/c1-4-14-20-19(15(2)3)18-12-10-17(11-13-18)16-8-6-5-7-9-16/h5-13,15,19-20H,4,14H2,1-3H3.